The van der Waals surface area contributed by atoms with Crippen LogP contribution in [0.3, 0.4) is 0 Å². The third-order valence-corrected chi connectivity index (χ3v) is 2.83. The van der Waals surface area contributed by atoms with Gasteiger partial charge in [0.1, 0.15) is 0 Å². The van der Waals surface area contributed by atoms with Gasteiger partial charge in [-0.15, -0.1) is 0 Å². The molecule has 6 heteroatoms. The minimum Gasteiger partial charge on any atom is -0.481 e. The lowest BCUT2D eigenvalue weighted by Gasteiger charge is -2.42. The minimum atomic E-state index is -0.898. The molecule has 0 bridgehead atoms. The second-order valence-electron chi connectivity index (χ2n) is 5.42. The van der Waals surface area contributed by atoms with Crippen molar-refractivity contribution in [2.75, 3.05) is 26.7 Å². The number of carboxylic acid groups (broad SMARTS) is 1. The SMILES string of the molecule is CC1CN(C(=O)N(C)CCC(=O)O)CC(C)(C)O1. The van der Waals surface area contributed by atoms with E-state index in [2.05, 4.69) is 0 Å². The molecule has 0 radical (unpaired) electrons. The molecular weight excluding hydrogens is 236 g/mol. The molecule has 1 aliphatic heterocycles. The number of nitrogens with zero attached hydrogens (tertiary/aromatic N) is 2. The third-order valence-electron chi connectivity index (χ3n) is 2.83. The number of aliphatic carboxylic acids is 1. The first kappa shape index (κ1) is 14.8. The van der Waals surface area contributed by atoms with Gasteiger partial charge in [-0.05, 0) is 20.8 Å². The lowest BCUT2D eigenvalue weighted by Crippen LogP contribution is -2.56. The summed E-state index contributed by atoms with van der Waals surface area (Å²) < 4.78 is 5.73. The average molecular weight is 258 g/mol. The maximum atomic E-state index is 12.1. The smallest absolute Gasteiger partial charge is 0.319 e. The summed E-state index contributed by atoms with van der Waals surface area (Å²) in [4.78, 5) is 25.8. The predicted octanol–water partition coefficient (Wildman–Crippen LogP) is 1.01. The zero-order valence-electron chi connectivity index (χ0n) is 11.5. The van der Waals surface area contributed by atoms with Gasteiger partial charge in [-0.25, -0.2) is 4.79 Å². The fourth-order valence-electron chi connectivity index (χ4n) is 2.20. The third kappa shape index (κ3) is 4.18. The molecule has 104 valence electrons. The molecule has 1 fully saturated rings. The standard InChI is InChI=1S/C12H22N2O4/c1-9-7-14(8-12(2,3)18-9)11(17)13(4)6-5-10(15)16/h9H,5-8H2,1-4H3,(H,15,16). The van der Waals surface area contributed by atoms with E-state index < -0.39 is 5.97 Å². The van der Waals surface area contributed by atoms with Crippen LogP contribution in [0.2, 0.25) is 0 Å². The quantitative estimate of drug-likeness (QED) is 0.820. The number of carbonyl (C=O) groups is 2. The Balaban J connectivity index is 2.57. The molecule has 1 rings (SSSR count). The Bertz CT molecular complexity index is 330. The molecule has 2 amide bonds. The normalized spacial score (nSPS) is 22.7. The van der Waals surface area contributed by atoms with E-state index in [4.69, 9.17) is 9.84 Å². The molecule has 0 aromatic rings. The summed E-state index contributed by atoms with van der Waals surface area (Å²) in [6.07, 6.45) is -0.0449. The van der Waals surface area contributed by atoms with Gasteiger partial charge in [-0.2, -0.15) is 0 Å². The number of amides is 2. The Morgan fingerprint density at radius 3 is 2.61 bits per heavy atom. The molecule has 1 aliphatic rings. The summed E-state index contributed by atoms with van der Waals surface area (Å²) in [7, 11) is 1.62. The highest BCUT2D eigenvalue weighted by Crippen LogP contribution is 2.21. The Morgan fingerprint density at radius 1 is 1.50 bits per heavy atom. The van der Waals surface area contributed by atoms with Crippen molar-refractivity contribution in [3.63, 3.8) is 0 Å². The predicted molar refractivity (Wildman–Crippen MR) is 66.5 cm³/mol. The Morgan fingerprint density at radius 2 is 2.11 bits per heavy atom. The zero-order chi connectivity index (χ0) is 13.9. The fourth-order valence-corrected chi connectivity index (χ4v) is 2.20. The number of hydrogen-bond donors (Lipinski definition) is 1. The van der Waals surface area contributed by atoms with Gasteiger partial charge in [0.2, 0.25) is 0 Å². The van der Waals surface area contributed by atoms with E-state index in [0.29, 0.717) is 13.1 Å². The molecule has 1 unspecified atom stereocenters. The van der Waals surface area contributed by atoms with Crippen molar-refractivity contribution in [3.05, 3.63) is 0 Å². The van der Waals surface area contributed by atoms with E-state index >= 15 is 0 Å². The number of morpholine rings is 1. The number of ether oxygens (including phenoxy) is 1. The Labute approximate surface area is 107 Å². The fraction of sp³-hybridized carbons (Fsp3) is 0.833. The Hall–Kier alpha value is -1.30. The van der Waals surface area contributed by atoms with Crippen molar-refractivity contribution in [1.82, 2.24) is 9.80 Å². The maximum Gasteiger partial charge on any atom is 0.319 e. The number of rotatable bonds is 3. The molecule has 18 heavy (non-hydrogen) atoms. The number of carbonyl (C=O) groups excluding carboxylic acids is 1. The number of hydrogen-bond acceptors (Lipinski definition) is 3. The van der Waals surface area contributed by atoms with Crippen LogP contribution in [0.5, 0.6) is 0 Å². The molecule has 1 heterocycles. The van der Waals surface area contributed by atoms with E-state index in [0.717, 1.165) is 0 Å². The minimum absolute atomic E-state index is 0.00873. The average Bonchev–Trinajstić information content (AvgIpc) is 2.21. The van der Waals surface area contributed by atoms with E-state index in [1.807, 2.05) is 20.8 Å². The van der Waals surface area contributed by atoms with Crippen molar-refractivity contribution in [2.45, 2.75) is 38.9 Å². The Kier molecular flexibility index (Phi) is 4.56. The van der Waals surface area contributed by atoms with Crippen LogP contribution in [-0.4, -0.2) is 65.3 Å². The van der Waals surface area contributed by atoms with Crippen molar-refractivity contribution in [2.24, 2.45) is 0 Å². The first-order chi connectivity index (χ1) is 8.21. The second-order valence-corrected chi connectivity index (χ2v) is 5.42. The monoisotopic (exact) mass is 258 g/mol. The van der Waals surface area contributed by atoms with Gasteiger partial charge < -0.3 is 19.6 Å². The zero-order valence-corrected chi connectivity index (χ0v) is 11.5. The lowest BCUT2D eigenvalue weighted by atomic mass is 10.1. The maximum absolute atomic E-state index is 12.1. The van der Waals surface area contributed by atoms with Crippen molar-refractivity contribution >= 4 is 12.0 Å². The molecule has 0 spiro atoms. The van der Waals surface area contributed by atoms with Crippen LogP contribution in [-0.2, 0) is 9.53 Å². The first-order valence-electron chi connectivity index (χ1n) is 6.11. The molecular formula is C12H22N2O4. The van der Waals surface area contributed by atoms with Crippen LogP contribution in [0, 0.1) is 0 Å². The van der Waals surface area contributed by atoms with Gasteiger partial charge in [0.05, 0.1) is 24.7 Å². The first-order valence-corrected chi connectivity index (χ1v) is 6.11. The second kappa shape index (κ2) is 5.56. The van der Waals surface area contributed by atoms with Crippen LogP contribution in [0.4, 0.5) is 4.79 Å². The molecule has 0 aromatic heterocycles. The summed E-state index contributed by atoms with van der Waals surface area (Å²) in [6, 6.07) is -0.139. The number of carboxylic acids is 1. The van der Waals surface area contributed by atoms with Crippen LogP contribution in [0.1, 0.15) is 27.2 Å². The molecule has 1 N–H and O–H groups in total. The molecule has 0 aromatic carbocycles. The lowest BCUT2D eigenvalue weighted by molar-refractivity contribution is -0.137. The van der Waals surface area contributed by atoms with Crippen LogP contribution in [0.25, 0.3) is 0 Å². The summed E-state index contributed by atoms with van der Waals surface area (Å²) in [5, 5.41) is 8.61. The highest BCUT2D eigenvalue weighted by molar-refractivity contribution is 5.75. The van der Waals surface area contributed by atoms with Gasteiger partial charge in [-0.1, -0.05) is 0 Å². The summed E-state index contributed by atoms with van der Waals surface area (Å²) >= 11 is 0. The van der Waals surface area contributed by atoms with E-state index in [1.165, 1.54) is 4.90 Å². The van der Waals surface area contributed by atoms with Crippen LogP contribution < -0.4 is 0 Å². The highest BCUT2D eigenvalue weighted by atomic mass is 16.5. The molecule has 1 atom stereocenters. The van der Waals surface area contributed by atoms with Crippen LogP contribution in [0.15, 0.2) is 0 Å². The molecule has 1 saturated heterocycles. The summed E-state index contributed by atoms with van der Waals surface area (Å²) in [6.45, 7) is 7.10. The molecule has 6 nitrogen and oxygen atoms in total. The van der Waals surface area contributed by atoms with E-state index in [9.17, 15) is 9.59 Å². The van der Waals surface area contributed by atoms with Crippen molar-refractivity contribution in [1.29, 1.82) is 0 Å². The van der Waals surface area contributed by atoms with Gasteiger partial charge in [-0.3, -0.25) is 4.79 Å². The van der Waals surface area contributed by atoms with Gasteiger partial charge in [0.15, 0.2) is 0 Å². The summed E-state index contributed by atoms with van der Waals surface area (Å²) in [5.41, 5.74) is -0.360. The van der Waals surface area contributed by atoms with Gasteiger partial charge >= 0.3 is 12.0 Å². The topological polar surface area (TPSA) is 70.1 Å². The number of urea groups is 1. The van der Waals surface area contributed by atoms with Crippen LogP contribution >= 0.6 is 0 Å². The van der Waals surface area contributed by atoms with Gasteiger partial charge in [0.25, 0.3) is 0 Å². The van der Waals surface area contributed by atoms with Crippen molar-refractivity contribution in [3.8, 4) is 0 Å². The summed E-state index contributed by atoms with van der Waals surface area (Å²) in [5.74, 6) is -0.898. The largest absolute Gasteiger partial charge is 0.481 e. The van der Waals surface area contributed by atoms with E-state index in [-0.39, 0.29) is 30.7 Å². The van der Waals surface area contributed by atoms with E-state index in [1.54, 1.807) is 11.9 Å². The highest BCUT2D eigenvalue weighted by Gasteiger charge is 2.34. The van der Waals surface area contributed by atoms with Gasteiger partial charge in [0, 0.05) is 20.1 Å². The van der Waals surface area contributed by atoms with Crippen molar-refractivity contribution < 1.29 is 19.4 Å². The molecule has 0 aliphatic carbocycles. The molecule has 0 saturated carbocycles.